The molecule has 0 aliphatic carbocycles. The number of anilines is 2. The number of rotatable bonds is 8. The van der Waals surface area contributed by atoms with E-state index in [1.165, 1.54) is 18.0 Å². The third-order valence-corrected chi connectivity index (χ3v) is 7.52. The first kappa shape index (κ1) is 29.0. The molecule has 12 heteroatoms. The highest BCUT2D eigenvalue weighted by Gasteiger charge is 2.35. The zero-order valence-corrected chi connectivity index (χ0v) is 23.0. The average Bonchev–Trinajstić information content (AvgIpc) is 3.40. The molecule has 2 aromatic carbocycles. The Kier molecular flexibility index (Phi) is 8.40. The van der Waals surface area contributed by atoms with E-state index in [9.17, 15) is 22.8 Å². The second kappa shape index (κ2) is 12.2. The fraction of sp³-hybridized carbons (Fsp3) is 0.333. The predicted octanol–water partition coefficient (Wildman–Crippen LogP) is 5.47. The lowest BCUT2D eigenvalue weighted by Crippen LogP contribution is -2.35. The molecule has 1 aliphatic rings. The summed E-state index contributed by atoms with van der Waals surface area (Å²) in [6.07, 6.45) is -0.361. The van der Waals surface area contributed by atoms with Crippen LogP contribution in [0.3, 0.4) is 0 Å². The van der Waals surface area contributed by atoms with Crippen molar-refractivity contribution in [3.8, 4) is 17.3 Å². The summed E-state index contributed by atoms with van der Waals surface area (Å²) in [5, 5.41) is 9.54. The number of likely N-dealkylation sites (N-methyl/N-ethyl adjacent to an activating group) is 1. The summed E-state index contributed by atoms with van der Waals surface area (Å²) in [6.45, 7) is 3.16. The molecule has 0 saturated carbocycles. The van der Waals surface area contributed by atoms with Crippen molar-refractivity contribution in [3.63, 3.8) is 0 Å². The van der Waals surface area contributed by atoms with Gasteiger partial charge in [-0.25, -0.2) is 19.3 Å². The van der Waals surface area contributed by atoms with E-state index in [1.807, 2.05) is 34.7 Å². The number of piperidine rings is 1. The van der Waals surface area contributed by atoms with E-state index < -0.39 is 17.6 Å². The number of nitrogens with two attached hydrogens (primary N) is 1. The van der Waals surface area contributed by atoms with Crippen molar-refractivity contribution in [1.29, 1.82) is 5.26 Å². The number of nitrogens with zero attached hydrogens (tertiary/aromatic N) is 7. The van der Waals surface area contributed by atoms with Gasteiger partial charge in [-0.05, 0) is 43.7 Å². The van der Waals surface area contributed by atoms with Crippen molar-refractivity contribution in [2.75, 3.05) is 37.3 Å². The normalized spacial score (nSPS) is 14.4. The Morgan fingerprint density at radius 2 is 1.83 bits per heavy atom. The van der Waals surface area contributed by atoms with E-state index >= 15 is 0 Å². The van der Waals surface area contributed by atoms with Crippen LogP contribution >= 0.6 is 0 Å². The molecule has 3 heterocycles. The Labute approximate surface area is 241 Å². The van der Waals surface area contributed by atoms with Crippen molar-refractivity contribution in [1.82, 2.24) is 24.4 Å². The standard InChI is InChI=1S/C30H30F4N8/c1-40(17-20-5-3-2-4-6-20)13-14-42-18-26(22-7-8-25(31)24(15-22)30(32,33)34)39-28(42)21-9-11-41(12-10-21)29-23(16-35)27(36)37-19-38-29/h2-8,15,18-19,21H,9-14,17H2,1H3,(H2,36,37,38). The van der Waals surface area contributed by atoms with Gasteiger partial charge in [-0.15, -0.1) is 0 Å². The molecule has 1 aliphatic heterocycles. The van der Waals surface area contributed by atoms with Gasteiger partial charge in [0, 0.05) is 50.4 Å². The molecule has 2 N–H and O–H groups in total. The number of halogens is 4. The first-order valence-corrected chi connectivity index (χ1v) is 13.6. The maximum absolute atomic E-state index is 14.0. The third kappa shape index (κ3) is 6.36. The molecule has 1 fully saturated rings. The van der Waals surface area contributed by atoms with Crippen molar-refractivity contribution in [2.24, 2.45) is 0 Å². The van der Waals surface area contributed by atoms with Gasteiger partial charge < -0.3 is 20.1 Å². The highest BCUT2D eigenvalue weighted by molar-refractivity contribution is 5.63. The fourth-order valence-electron chi connectivity index (χ4n) is 5.31. The smallest absolute Gasteiger partial charge is 0.382 e. The van der Waals surface area contributed by atoms with Crippen LogP contribution < -0.4 is 10.6 Å². The zero-order valence-electron chi connectivity index (χ0n) is 23.0. The van der Waals surface area contributed by atoms with Gasteiger partial charge in [-0.3, -0.25) is 0 Å². The molecule has 0 unspecified atom stereocenters. The molecule has 5 rings (SSSR count). The summed E-state index contributed by atoms with van der Waals surface area (Å²) in [7, 11) is 2.01. The molecule has 0 atom stereocenters. The molecular formula is C30H30F4N8. The Morgan fingerprint density at radius 3 is 2.52 bits per heavy atom. The lowest BCUT2D eigenvalue weighted by molar-refractivity contribution is -0.139. The average molecular weight is 579 g/mol. The molecule has 8 nitrogen and oxygen atoms in total. The minimum atomic E-state index is -4.81. The lowest BCUT2D eigenvalue weighted by Gasteiger charge is -2.33. The Bertz CT molecular complexity index is 1570. The summed E-state index contributed by atoms with van der Waals surface area (Å²) in [4.78, 5) is 17.1. The lowest BCUT2D eigenvalue weighted by atomic mass is 9.95. The molecule has 4 aromatic rings. The number of hydrogen-bond donors (Lipinski definition) is 1. The van der Waals surface area contributed by atoms with Gasteiger partial charge in [0.25, 0.3) is 0 Å². The van der Waals surface area contributed by atoms with E-state index in [2.05, 4.69) is 33.1 Å². The Morgan fingerprint density at radius 1 is 1.10 bits per heavy atom. The highest BCUT2D eigenvalue weighted by atomic mass is 19.4. The summed E-state index contributed by atoms with van der Waals surface area (Å²) in [6, 6.07) is 15.1. The monoisotopic (exact) mass is 578 g/mol. The van der Waals surface area contributed by atoms with Gasteiger partial charge >= 0.3 is 6.18 Å². The Balaban J connectivity index is 1.40. The summed E-state index contributed by atoms with van der Waals surface area (Å²) < 4.78 is 56.4. The number of alkyl halides is 3. The van der Waals surface area contributed by atoms with Crippen molar-refractivity contribution in [3.05, 3.63) is 89.4 Å². The number of nitriles is 1. The molecule has 1 saturated heterocycles. The molecule has 2 aromatic heterocycles. The van der Waals surface area contributed by atoms with E-state index in [1.54, 1.807) is 6.20 Å². The number of aromatic nitrogens is 4. The van der Waals surface area contributed by atoms with Crippen molar-refractivity contribution < 1.29 is 17.6 Å². The van der Waals surface area contributed by atoms with Crippen LogP contribution in [-0.2, 0) is 19.3 Å². The maximum atomic E-state index is 14.0. The first-order valence-electron chi connectivity index (χ1n) is 13.6. The molecule has 0 amide bonds. The topological polar surface area (TPSA) is 99.9 Å². The maximum Gasteiger partial charge on any atom is 0.419 e. The third-order valence-electron chi connectivity index (χ3n) is 7.52. The van der Waals surface area contributed by atoms with Crippen LogP contribution in [0.5, 0.6) is 0 Å². The summed E-state index contributed by atoms with van der Waals surface area (Å²) in [5.74, 6) is 0.0749. The minimum Gasteiger partial charge on any atom is -0.382 e. The number of hydrogen-bond acceptors (Lipinski definition) is 7. The van der Waals surface area contributed by atoms with Gasteiger partial charge in [-0.2, -0.15) is 18.4 Å². The molecule has 0 radical (unpaired) electrons. The van der Waals surface area contributed by atoms with Gasteiger partial charge in [0.15, 0.2) is 5.82 Å². The second-order valence-electron chi connectivity index (χ2n) is 10.4. The van der Waals surface area contributed by atoms with Crippen LogP contribution in [0.15, 0.2) is 61.1 Å². The van der Waals surface area contributed by atoms with Crippen LogP contribution in [0.25, 0.3) is 11.3 Å². The zero-order chi connectivity index (χ0) is 29.9. The predicted molar refractivity (Wildman–Crippen MR) is 151 cm³/mol. The quantitative estimate of drug-likeness (QED) is 0.277. The van der Waals surface area contributed by atoms with Crippen molar-refractivity contribution >= 4 is 11.6 Å². The minimum absolute atomic E-state index is 0.0154. The fourth-order valence-corrected chi connectivity index (χ4v) is 5.31. The van der Waals surface area contributed by atoms with Crippen LogP contribution in [0.4, 0.5) is 29.2 Å². The molecule has 0 spiro atoms. The number of imidazole rings is 1. The van der Waals surface area contributed by atoms with E-state index in [0.29, 0.717) is 50.5 Å². The largest absolute Gasteiger partial charge is 0.419 e. The molecule has 218 valence electrons. The van der Waals surface area contributed by atoms with E-state index in [-0.39, 0.29) is 22.9 Å². The Hall–Kier alpha value is -4.50. The molecule has 0 bridgehead atoms. The van der Waals surface area contributed by atoms with Gasteiger partial charge in [0.05, 0.1) is 11.3 Å². The van der Waals surface area contributed by atoms with Gasteiger partial charge in [0.2, 0.25) is 0 Å². The van der Waals surface area contributed by atoms with E-state index in [0.717, 1.165) is 24.5 Å². The number of nitrogen functional groups attached to an aromatic ring is 1. The summed E-state index contributed by atoms with van der Waals surface area (Å²) >= 11 is 0. The summed E-state index contributed by atoms with van der Waals surface area (Å²) in [5.41, 5.74) is 6.53. The molecule has 42 heavy (non-hydrogen) atoms. The van der Waals surface area contributed by atoms with Gasteiger partial charge in [0.1, 0.15) is 35.4 Å². The highest BCUT2D eigenvalue weighted by Crippen LogP contribution is 2.36. The molecular weight excluding hydrogens is 548 g/mol. The van der Waals surface area contributed by atoms with Crippen LogP contribution in [-0.4, -0.2) is 51.1 Å². The SMILES string of the molecule is CN(CCn1cc(-c2ccc(F)c(C(F)(F)F)c2)nc1C1CCN(c2ncnc(N)c2C#N)CC1)Cc1ccccc1. The van der Waals surface area contributed by atoms with Gasteiger partial charge in [-0.1, -0.05) is 30.3 Å². The van der Waals surface area contributed by atoms with Crippen LogP contribution in [0.2, 0.25) is 0 Å². The first-order chi connectivity index (χ1) is 20.1. The number of benzene rings is 2. The van der Waals surface area contributed by atoms with E-state index in [4.69, 9.17) is 10.7 Å². The van der Waals surface area contributed by atoms with Crippen LogP contribution in [0.1, 0.15) is 41.3 Å². The van der Waals surface area contributed by atoms with Crippen LogP contribution in [0, 0.1) is 17.1 Å². The second-order valence-corrected chi connectivity index (χ2v) is 10.4. The van der Waals surface area contributed by atoms with Crippen molar-refractivity contribution in [2.45, 2.75) is 38.0 Å².